The maximum atomic E-state index is 12.6. The van der Waals surface area contributed by atoms with E-state index in [1.165, 1.54) is 4.68 Å². The van der Waals surface area contributed by atoms with Gasteiger partial charge in [-0.15, -0.1) is 0 Å². The average Bonchev–Trinajstić information content (AvgIpc) is 2.80. The summed E-state index contributed by atoms with van der Waals surface area (Å²) in [6, 6.07) is 12.0. The number of nitrogens with one attached hydrogen (secondary N) is 1. The third-order valence-electron chi connectivity index (χ3n) is 3.62. The molecule has 1 aromatic heterocycles. The first-order valence-electron chi connectivity index (χ1n) is 7.03. The summed E-state index contributed by atoms with van der Waals surface area (Å²) < 4.78 is 1.42. The minimum Gasteiger partial charge on any atom is -0.508 e. The van der Waals surface area contributed by atoms with Gasteiger partial charge in [-0.3, -0.25) is 9.89 Å². The minimum atomic E-state index is -0.206. The Bertz CT molecular complexity index is 1030. The fourth-order valence-corrected chi connectivity index (χ4v) is 2.46. The summed E-state index contributed by atoms with van der Waals surface area (Å²) in [4.78, 5) is 12.6. The Hall–Kier alpha value is -2.72. The Balaban J connectivity index is 2.17. The second-order valence-electron chi connectivity index (χ2n) is 5.31. The Morgan fingerprint density at radius 2 is 1.91 bits per heavy atom. The molecule has 0 aliphatic rings. The lowest BCUT2D eigenvalue weighted by atomic mass is 10.2. The van der Waals surface area contributed by atoms with Gasteiger partial charge in [-0.25, -0.2) is 4.68 Å². The quantitative estimate of drug-likeness (QED) is 0.757. The number of phenols is 1. The van der Waals surface area contributed by atoms with Gasteiger partial charge in [0, 0.05) is 5.02 Å². The molecule has 0 aliphatic carbocycles. The van der Waals surface area contributed by atoms with E-state index < -0.39 is 0 Å². The van der Waals surface area contributed by atoms with Crippen molar-refractivity contribution in [1.82, 2.24) is 9.78 Å². The lowest BCUT2D eigenvalue weighted by Gasteiger charge is -2.03. The first-order valence-corrected chi connectivity index (χ1v) is 7.41. The lowest BCUT2D eigenvalue weighted by Crippen LogP contribution is -2.33. The van der Waals surface area contributed by atoms with E-state index in [9.17, 15) is 9.90 Å². The highest BCUT2D eigenvalue weighted by atomic mass is 35.5. The molecule has 0 bridgehead atoms. The Morgan fingerprint density at radius 3 is 2.57 bits per heavy atom. The first kappa shape index (κ1) is 15.2. The standard InChI is InChI=1S/C18H15ClN2O2/c1-11-3-6-14(10-17(11)19)21-18(23)16(12(2)20-21)9-13-4-7-15(22)8-5-13/h3-10,20,22H,2H2,1H3/b16-9+. The molecule has 0 radical (unpaired) electrons. The molecule has 0 atom stereocenters. The van der Waals surface area contributed by atoms with Crippen LogP contribution in [0.5, 0.6) is 5.75 Å². The maximum absolute atomic E-state index is 12.6. The number of aromatic hydroxyl groups is 1. The third kappa shape index (κ3) is 2.94. The van der Waals surface area contributed by atoms with Crippen molar-refractivity contribution in [2.24, 2.45) is 0 Å². The molecule has 23 heavy (non-hydrogen) atoms. The third-order valence-corrected chi connectivity index (χ3v) is 4.03. The Labute approximate surface area is 137 Å². The van der Waals surface area contributed by atoms with E-state index in [1.807, 2.05) is 19.1 Å². The fourth-order valence-electron chi connectivity index (χ4n) is 2.28. The van der Waals surface area contributed by atoms with Gasteiger partial charge < -0.3 is 5.11 Å². The smallest absolute Gasteiger partial charge is 0.279 e. The van der Waals surface area contributed by atoms with Crippen molar-refractivity contribution in [2.45, 2.75) is 6.92 Å². The van der Waals surface area contributed by atoms with Crippen LogP contribution in [-0.4, -0.2) is 14.9 Å². The van der Waals surface area contributed by atoms with Gasteiger partial charge in [0.15, 0.2) is 0 Å². The van der Waals surface area contributed by atoms with E-state index in [1.54, 1.807) is 36.4 Å². The number of H-pyrrole nitrogens is 1. The van der Waals surface area contributed by atoms with Gasteiger partial charge >= 0.3 is 0 Å². The van der Waals surface area contributed by atoms with Gasteiger partial charge in [0.25, 0.3) is 5.56 Å². The van der Waals surface area contributed by atoms with Crippen LogP contribution in [0.3, 0.4) is 0 Å². The van der Waals surface area contributed by atoms with Crippen LogP contribution in [0.25, 0.3) is 18.3 Å². The summed E-state index contributed by atoms with van der Waals surface area (Å²) in [5.74, 6) is 0.178. The number of rotatable bonds is 2. The summed E-state index contributed by atoms with van der Waals surface area (Å²) in [5, 5.41) is 13.9. The zero-order valence-corrected chi connectivity index (χ0v) is 13.3. The molecule has 2 N–H and O–H groups in total. The summed E-state index contributed by atoms with van der Waals surface area (Å²) in [6.45, 7) is 5.79. The predicted octanol–water partition coefficient (Wildman–Crippen LogP) is 2.07. The van der Waals surface area contributed by atoms with E-state index in [4.69, 9.17) is 11.6 Å². The molecule has 0 saturated carbocycles. The van der Waals surface area contributed by atoms with Crippen LogP contribution < -0.4 is 16.1 Å². The largest absolute Gasteiger partial charge is 0.508 e. The number of benzene rings is 2. The highest BCUT2D eigenvalue weighted by Gasteiger charge is 2.06. The molecular weight excluding hydrogens is 312 g/mol. The number of halogens is 1. The van der Waals surface area contributed by atoms with Gasteiger partial charge in [0.2, 0.25) is 0 Å². The van der Waals surface area contributed by atoms with Crippen LogP contribution in [0, 0.1) is 6.92 Å². The van der Waals surface area contributed by atoms with Crippen molar-refractivity contribution in [3.05, 3.63) is 79.5 Å². The van der Waals surface area contributed by atoms with Crippen molar-refractivity contribution in [3.8, 4) is 11.4 Å². The van der Waals surface area contributed by atoms with Crippen molar-refractivity contribution >= 4 is 24.3 Å². The zero-order valence-electron chi connectivity index (χ0n) is 12.5. The molecule has 0 fully saturated rings. The van der Waals surface area contributed by atoms with E-state index >= 15 is 0 Å². The van der Waals surface area contributed by atoms with Crippen LogP contribution in [-0.2, 0) is 0 Å². The van der Waals surface area contributed by atoms with Gasteiger partial charge in [-0.1, -0.05) is 36.4 Å². The normalized spacial score (nSPS) is 11.8. The van der Waals surface area contributed by atoms with Crippen LogP contribution in [0.4, 0.5) is 0 Å². The predicted molar refractivity (Wildman–Crippen MR) is 92.6 cm³/mol. The lowest BCUT2D eigenvalue weighted by molar-refractivity contribution is 0.475. The maximum Gasteiger partial charge on any atom is 0.279 e. The first-order chi connectivity index (χ1) is 11.0. The van der Waals surface area contributed by atoms with Crippen molar-refractivity contribution in [1.29, 1.82) is 0 Å². The Morgan fingerprint density at radius 1 is 1.22 bits per heavy atom. The Kier molecular flexibility index (Phi) is 3.84. The summed E-state index contributed by atoms with van der Waals surface area (Å²) in [5.41, 5.74) is 2.20. The van der Waals surface area contributed by atoms with E-state index in [0.29, 0.717) is 21.3 Å². The molecule has 0 spiro atoms. The minimum absolute atomic E-state index is 0.178. The van der Waals surface area contributed by atoms with Gasteiger partial charge in [-0.05, 0) is 48.4 Å². The molecule has 1 heterocycles. The van der Waals surface area contributed by atoms with Crippen LogP contribution in [0.2, 0.25) is 5.02 Å². The van der Waals surface area contributed by atoms with E-state index in [2.05, 4.69) is 11.7 Å². The number of phenolic OH excluding ortho intramolecular Hbond substituents is 1. The molecule has 0 aliphatic heterocycles. The van der Waals surface area contributed by atoms with Crippen LogP contribution in [0.1, 0.15) is 11.1 Å². The van der Waals surface area contributed by atoms with E-state index in [-0.39, 0.29) is 11.3 Å². The summed E-state index contributed by atoms with van der Waals surface area (Å²) in [7, 11) is 0. The molecule has 0 saturated heterocycles. The number of aromatic amines is 1. The number of aromatic nitrogens is 2. The summed E-state index contributed by atoms with van der Waals surface area (Å²) >= 11 is 6.13. The number of aryl methyl sites for hydroxylation is 1. The van der Waals surface area contributed by atoms with Crippen molar-refractivity contribution < 1.29 is 5.11 Å². The molecule has 4 nitrogen and oxygen atoms in total. The van der Waals surface area contributed by atoms with Crippen LogP contribution in [0.15, 0.2) is 47.3 Å². The molecule has 3 rings (SSSR count). The molecule has 3 aromatic rings. The topological polar surface area (TPSA) is 58.0 Å². The molecule has 5 heteroatoms. The van der Waals surface area contributed by atoms with Crippen molar-refractivity contribution in [2.75, 3.05) is 0 Å². The number of hydrogen-bond donors (Lipinski definition) is 2. The van der Waals surface area contributed by atoms with E-state index in [0.717, 1.165) is 11.1 Å². The van der Waals surface area contributed by atoms with Gasteiger partial charge in [-0.2, -0.15) is 0 Å². The molecule has 0 amide bonds. The highest BCUT2D eigenvalue weighted by molar-refractivity contribution is 6.31. The monoisotopic (exact) mass is 326 g/mol. The molecule has 116 valence electrons. The van der Waals surface area contributed by atoms with Crippen molar-refractivity contribution in [3.63, 3.8) is 0 Å². The molecular formula is C18H15ClN2O2. The average molecular weight is 327 g/mol. The fraction of sp³-hybridized carbons (Fsp3) is 0.0556. The number of nitrogens with zero attached hydrogens (tertiary/aromatic N) is 1. The number of hydrogen-bond acceptors (Lipinski definition) is 2. The zero-order chi connectivity index (χ0) is 16.6. The second-order valence-corrected chi connectivity index (χ2v) is 5.72. The van der Waals surface area contributed by atoms with Gasteiger partial charge in [0.1, 0.15) is 5.75 Å². The van der Waals surface area contributed by atoms with Gasteiger partial charge in [0.05, 0.1) is 16.3 Å². The molecule has 0 unspecified atom stereocenters. The highest BCUT2D eigenvalue weighted by Crippen LogP contribution is 2.17. The van der Waals surface area contributed by atoms with Crippen LogP contribution >= 0.6 is 11.6 Å². The molecule has 2 aromatic carbocycles. The SMILES string of the molecule is C=c1[nH]n(-c2ccc(C)c(Cl)c2)c(=O)/c1=C/c1ccc(O)cc1. The second kappa shape index (κ2) is 5.82. The summed E-state index contributed by atoms with van der Waals surface area (Å²) in [6.07, 6.45) is 1.73.